The van der Waals surface area contributed by atoms with Gasteiger partial charge in [-0.25, -0.2) is 4.79 Å². The highest BCUT2D eigenvalue weighted by Gasteiger charge is 2.12. The van der Waals surface area contributed by atoms with Crippen molar-refractivity contribution < 1.29 is 9.90 Å². The fourth-order valence-electron chi connectivity index (χ4n) is 2.10. The van der Waals surface area contributed by atoms with Crippen molar-refractivity contribution in [3.8, 4) is 0 Å². The standard InChI is InChI=1S/C16H17NO2/c1-11-3-5-12(6-4-11)15(17-2)13-7-9-14(10-8-13)16(18)19/h3-10,15,17H,1-2H3,(H,18,19). The smallest absolute Gasteiger partial charge is 0.335 e. The van der Waals surface area contributed by atoms with Crippen LogP contribution in [0.5, 0.6) is 0 Å². The Kier molecular flexibility index (Phi) is 3.97. The Bertz CT molecular complexity index is 558. The molecule has 2 aromatic rings. The van der Waals surface area contributed by atoms with Gasteiger partial charge in [0.2, 0.25) is 0 Å². The number of aryl methyl sites for hydroxylation is 1. The second kappa shape index (κ2) is 5.67. The van der Waals surface area contributed by atoms with E-state index < -0.39 is 5.97 Å². The maximum atomic E-state index is 10.8. The van der Waals surface area contributed by atoms with Crippen LogP contribution < -0.4 is 5.32 Å². The van der Waals surface area contributed by atoms with E-state index in [2.05, 4.69) is 36.5 Å². The summed E-state index contributed by atoms with van der Waals surface area (Å²) in [5.41, 5.74) is 3.75. The van der Waals surface area contributed by atoms with Crippen LogP contribution in [0.4, 0.5) is 0 Å². The lowest BCUT2D eigenvalue weighted by Gasteiger charge is -2.17. The van der Waals surface area contributed by atoms with Crippen LogP contribution in [-0.2, 0) is 0 Å². The van der Waals surface area contributed by atoms with Gasteiger partial charge in [-0.1, -0.05) is 42.0 Å². The molecule has 0 heterocycles. The molecule has 0 spiro atoms. The maximum absolute atomic E-state index is 10.8. The van der Waals surface area contributed by atoms with Gasteiger partial charge in [-0.3, -0.25) is 0 Å². The van der Waals surface area contributed by atoms with Gasteiger partial charge in [0.05, 0.1) is 11.6 Å². The Hall–Kier alpha value is -2.13. The minimum Gasteiger partial charge on any atom is -0.478 e. The molecule has 2 rings (SSSR count). The van der Waals surface area contributed by atoms with Gasteiger partial charge in [0.25, 0.3) is 0 Å². The third-order valence-corrected chi connectivity index (χ3v) is 3.19. The lowest BCUT2D eigenvalue weighted by atomic mass is 9.97. The van der Waals surface area contributed by atoms with Crippen LogP contribution in [-0.4, -0.2) is 18.1 Å². The predicted octanol–water partition coefficient (Wildman–Crippen LogP) is 3.00. The molecule has 19 heavy (non-hydrogen) atoms. The molecule has 0 aliphatic rings. The van der Waals surface area contributed by atoms with E-state index in [-0.39, 0.29) is 6.04 Å². The molecule has 2 aromatic carbocycles. The topological polar surface area (TPSA) is 49.3 Å². The normalized spacial score (nSPS) is 12.1. The van der Waals surface area contributed by atoms with Gasteiger partial charge in [0.1, 0.15) is 0 Å². The molecule has 1 unspecified atom stereocenters. The van der Waals surface area contributed by atoms with E-state index in [1.54, 1.807) is 12.1 Å². The molecule has 98 valence electrons. The molecule has 0 aromatic heterocycles. The second-order valence-electron chi connectivity index (χ2n) is 4.56. The largest absolute Gasteiger partial charge is 0.478 e. The number of hydrogen-bond donors (Lipinski definition) is 2. The molecule has 0 bridgehead atoms. The SMILES string of the molecule is CNC(c1ccc(C)cc1)c1ccc(C(=O)O)cc1. The average Bonchev–Trinajstić information content (AvgIpc) is 2.42. The number of hydrogen-bond acceptors (Lipinski definition) is 2. The number of benzene rings is 2. The molecule has 0 aliphatic carbocycles. The van der Waals surface area contributed by atoms with E-state index in [0.29, 0.717) is 5.56 Å². The zero-order valence-electron chi connectivity index (χ0n) is 11.1. The molecule has 0 aliphatic heterocycles. The highest BCUT2D eigenvalue weighted by atomic mass is 16.4. The first-order valence-electron chi connectivity index (χ1n) is 6.19. The fraction of sp³-hybridized carbons (Fsp3) is 0.188. The zero-order chi connectivity index (χ0) is 13.8. The van der Waals surface area contributed by atoms with E-state index in [1.807, 2.05) is 19.2 Å². The third-order valence-electron chi connectivity index (χ3n) is 3.19. The van der Waals surface area contributed by atoms with E-state index in [4.69, 9.17) is 5.11 Å². The summed E-state index contributed by atoms with van der Waals surface area (Å²) in [6.45, 7) is 2.06. The van der Waals surface area contributed by atoms with Crippen LogP contribution in [0, 0.1) is 6.92 Å². The highest BCUT2D eigenvalue weighted by molar-refractivity contribution is 5.87. The average molecular weight is 255 g/mol. The van der Waals surface area contributed by atoms with Gasteiger partial charge in [-0.2, -0.15) is 0 Å². The van der Waals surface area contributed by atoms with Crippen LogP contribution in [0.3, 0.4) is 0 Å². The van der Waals surface area contributed by atoms with Crippen molar-refractivity contribution in [3.63, 3.8) is 0 Å². The number of rotatable bonds is 4. The lowest BCUT2D eigenvalue weighted by molar-refractivity contribution is 0.0697. The summed E-state index contributed by atoms with van der Waals surface area (Å²) in [5.74, 6) is -0.900. The first kappa shape index (κ1) is 13.3. The summed E-state index contributed by atoms with van der Waals surface area (Å²) < 4.78 is 0. The first-order chi connectivity index (χ1) is 9.11. The molecular formula is C16H17NO2. The van der Waals surface area contributed by atoms with Crippen molar-refractivity contribution in [2.45, 2.75) is 13.0 Å². The lowest BCUT2D eigenvalue weighted by Crippen LogP contribution is -2.17. The zero-order valence-corrected chi connectivity index (χ0v) is 11.1. The van der Waals surface area contributed by atoms with Crippen molar-refractivity contribution in [3.05, 3.63) is 70.8 Å². The summed E-state index contributed by atoms with van der Waals surface area (Å²) in [6.07, 6.45) is 0. The van der Waals surface area contributed by atoms with Gasteiger partial charge in [-0.05, 0) is 37.2 Å². The molecule has 3 nitrogen and oxygen atoms in total. The van der Waals surface area contributed by atoms with Crippen LogP contribution in [0.25, 0.3) is 0 Å². The monoisotopic (exact) mass is 255 g/mol. The van der Waals surface area contributed by atoms with Crippen LogP contribution in [0.15, 0.2) is 48.5 Å². The number of carboxylic acids is 1. The molecule has 0 fully saturated rings. The Balaban J connectivity index is 2.31. The van der Waals surface area contributed by atoms with Gasteiger partial charge in [-0.15, -0.1) is 0 Å². The van der Waals surface area contributed by atoms with Crippen molar-refractivity contribution >= 4 is 5.97 Å². The van der Waals surface area contributed by atoms with Crippen LogP contribution in [0.1, 0.15) is 33.1 Å². The van der Waals surface area contributed by atoms with E-state index in [0.717, 1.165) is 11.1 Å². The van der Waals surface area contributed by atoms with Gasteiger partial charge in [0.15, 0.2) is 0 Å². The molecule has 0 saturated carbocycles. The summed E-state index contributed by atoms with van der Waals surface area (Å²) in [4.78, 5) is 10.8. The number of nitrogens with one attached hydrogen (secondary N) is 1. The highest BCUT2D eigenvalue weighted by Crippen LogP contribution is 2.22. The number of carbonyl (C=O) groups is 1. The third kappa shape index (κ3) is 3.01. The van der Waals surface area contributed by atoms with Gasteiger partial charge in [0, 0.05) is 0 Å². The first-order valence-corrected chi connectivity index (χ1v) is 6.19. The van der Waals surface area contributed by atoms with Gasteiger partial charge < -0.3 is 10.4 Å². The van der Waals surface area contributed by atoms with E-state index in [9.17, 15) is 4.79 Å². The second-order valence-corrected chi connectivity index (χ2v) is 4.56. The van der Waals surface area contributed by atoms with E-state index in [1.165, 1.54) is 5.56 Å². The van der Waals surface area contributed by atoms with Crippen molar-refractivity contribution in [2.24, 2.45) is 0 Å². The van der Waals surface area contributed by atoms with E-state index >= 15 is 0 Å². The quantitative estimate of drug-likeness (QED) is 0.883. The van der Waals surface area contributed by atoms with Crippen molar-refractivity contribution in [1.82, 2.24) is 5.32 Å². The number of carboxylic acid groups (broad SMARTS) is 1. The number of aromatic carboxylic acids is 1. The summed E-state index contributed by atoms with van der Waals surface area (Å²) >= 11 is 0. The minimum atomic E-state index is -0.900. The predicted molar refractivity (Wildman–Crippen MR) is 75.5 cm³/mol. The molecule has 0 radical (unpaired) electrons. The molecule has 0 amide bonds. The Morgan fingerprint density at radius 1 is 1.00 bits per heavy atom. The molecular weight excluding hydrogens is 238 g/mol. The van der Waals surface area contributed by atoms with Crippen LogP contribution in [0.2, 0.25) is 0 Å². The molecule has 1 atom stereocenters. The van der Waals surface area contributed by atoms with Crippen molar-refractivity contribution in [2.75, 3.05) is 7.05 Å². The Morgan fingerprint density at radius 3 is 1.89 bits per heavy atom. The Morgan fingerprint density at radius 2 is 1.47 bits per heavy atom. The molecule has 0 saturated heterocycles. The van der Waals surface area contributed by atoms with Crippen molar-refractivity contribution in [1.29, 1.82) is 0 Å². The minimum absolute atomic E-state index is 0.0726. The van der Waals surface area contributed by atoms with Crippen LogP contribution >= 0.6 is 0 Å². The Labute approximate surface area is 112 Å². The molecule has 2 N–H and O–H groups in total. The molecule has 3 heteroatoms. The maximum Gasteiger partial charge on any atom is 0.335 e. The summed E-state index contributed by atoms with van der Waals surface area (Å²) in [5, 5.41) is 12.2. The van der Waals surface area contributed by atoms with Gasteiger partial charge >= 0.3 is 5.97 Å². The summed E-state index contributed by atoms with van der Waals surface area (Å²) in [6, 6.07) is 15.4. The fourth-order valence-corrected chi connectivity index (χ4v) is 2.10. The summed E-state index contributed by atoms with van der Waals surface area (Å²) in [7, 11) is 1.90.